The van der Waals surface area contributed by atoms with Crippen molar-refractivity contribution in [2.24, 2.45) is 0 Å². The molecule has 1 aromatic rings. The SMILES string of the molecule is CCc1nn([C@@H](C)CO[Si](C)(C)C(C)(C)C)c(CBr)c1I. The highest BCUT2D eigenvalue weighted by molar-refractivity contribution is 14.1. The summed E-state index contributed by atoms with van der Waals surface area (Å²) >= 11 is 6.00. The Morgan fingerprint density at radius 2 is 1.95 bits per heavy atom. The Balaban J connectivity index is 2.88. The Hall–Kier alpha value is 0.597. The van der Waals surface area contributed by atoms with E-state index < -0.39 is 8.32 Å². The van der Waals surface area contributed by atoms with Crippen LogP contribution in [0.25, 0.3) is 0 Å². The topological polar surface area (TPSA) is 27.1 Å². The summed E-state index contributed by atoms with van der Waals surface area (Å²) in [5.74, 6) is 0. The number of hydrogen-bond acceptors (Lipinski definition) is 2. The van der Waals surface area contributed by atoms with Crippen molar-refractivity contribution in [3.8, 4) is 0 Å². The molecule has 1 atom stereocenters. The highest BCUT2D eigenvalue weighted by atomic mass is 127. The van der Waals surface area contributed by atoms with Gasteiger partial charge in [-0.3, -0.25) is 4.68 Å². The Morgan fingerprint density at radius 1 is 1.38 bits per heavy atom. The minimum Gasteiger partial charge on any atom is -0.415 e. The molecule has 0 N–H and O–H groups in total. The zero-order chi connectivity index (χ0) is 16.4. The van der Waals surface area contributed by atoms with Gasteiger partial charge < -0.3 is 4.43 Å². The molecule has 0 aliphatic rings. The molecular weight excluding hydrogens is 459 g/mol. The summed E-state index contributed by atoms with van der Waals surface area (Å²) in [6.45, 7) is 16.5. The van der Waals surface area contributed by atoms with Crippen LogP contribution in [0.15, 0.2) is 0 Å². The number of rotatable bonds is 6. The van der Waals surface area contributed by atoms with Crippen molar-refractivity contribution in [2.75, 3.05) is 6.61 Å². The van der Waals surface area contributed by atoms with Gasteiger partial charge in [0.25, 0.3) is 0 Å². The molecule has 0 aliphatic carbocycles. The van der Waals surface area contributed by atoms with Gasteiger partial charge in [0.15, 0.2) is 8.32 Å². The molecule has 1 heterocycles. The van der Waals surface area contributed by atoms with E-state index in [1.807, 2.05) is 0 Å². The summed E-state index contributed by atoms with van der Waals surface area (Å²) in [7, 11) is -1.70. The number of aryl methyl sites for hydroxylation is 1. The van der Waals surface area contributed by atoms with Crippen molar-refractivity contribution in [3.05, 3.63) is 15.0 Å². The van der Waals surface area contributed by atoms with Crippen LogP contribution >= 0.6 is 38.5 Å². The van der Waals surface area contributed by atoms with Gasteiger partial charge in [0.05, 0.1) is 27.6 Å². The lowest BCUT2D eigenvalue weighted by Gasteiger charge is -2.37. The normalized spacial score (nSPS) is 14.5. The highest BCUT2D eigenvalue weighted by Gasteiger charge is 2.37. The Bertz CT molecular complexity index is 483. The molecule has 0 fully saturated rings. The summed E-state index contributed by atoms with van der Waals surface area (Å²) in [5, 5.41) is 5.86. The maximum Gasteiger partial charge on any atom is 0.192 e. The second-order valence-corrected chi connectivity index (χ2v) is 13.5. The molecule has 0 aromatic carbocycles. The maximum absolute atomic E-state index is 6.35. The van der Waals surface area contributed by atoms with Crippen molar-refractivity contribution in [1.82, 2.24) is 9.78 Å². The van der Waals surface area contributed by atoms with Crippen LogP contribution < -0.4 is 0 Å². The van der Waals surface area contributed by atoms with Crippen molar-refractivity contribution >= 4 is 46.8 Å². The lowest BCUT2D eigenvalue weighted by molar-refractivity contribution is 0.228. The summed E-state index contributed by atoms with van der Waals surface area (Å²) in [6.07, 6.45) is 0.973. The molecule has 0 spiro atoms. The van der Waals surface area contributed by atoms with E-state index in [1.165, 1.54) is 15.0 Å². The summed E-state index contributed by atoms with van der Waals surface area (Å²) in [6, 6.07) is 0.264. The average molecular weight is 487 g/mol. The highest BCUT2D eigenvalue weighted by Crippen LogP contribution is 2.37. The molecule has 0 unspecified atom stereocenters. The fourth-order valence-electron chi connectivity index (χ4n) is 1.83. The minimum atomic E-state index is -1.70. The van der Waals surface area contributed by atoms with E-state index in [-0.39, 0.29) is 11.1 Å². The molecule has 1 rings (SSSR count). The van der Waals surface area contributed by atoms with Gasteiger partial charge in [0, 0.05) is 5.33 Å². The van der Waals surface area contributed by atoms with Gasteiger partial charge in [-0.1, -0.05) is 43.6 Å². The van der Waals surface area contributed by atoms with E-state index in [1.54, 1.807) is 0 Å². The molecule has 3 nitrogen and oxygen atoms in total. The molecule has 0 amide bonds. The molecule has 0 saturated heterocycles. The number of halogens is 2. The molecule has 0 aliphatic heterocycles. The molecule has 1 aromatic heterocycles. The predicted octanol–water partition coefficient (Wildman–Crippen LogP) is 5.53. The van der Waals surface area contributed by atoms with Crippen molar-refractivity contribution in [2.45, 2.75) is 70.5 Å². The van der Waals surface area contributed by atoms with Gasteiger partial charge in [0.2, 0.25) is 0 Å². The number of aromatic nitrogens is 2. The van der Waals surface area contributed by atoms with Crippen LogP contribution in [0, 0.1) is 3.57 Å². The zero-order valence-corrected chi connectivity index (χ0v) is 19.0. The molecule has 21 heavy (non-hydrogen) atoms. The fourth-order valence-corrected chi connectivity index (χ4v) is 4.91. The van der Waals surface area contributed by atoms with Crippen LogP contribution in [0.2, 0.25) is 18.1 Å². The van der Waals surface area contributed by atoms with Crippen LogP contribution in [0.3, 0.4) is 0 Å². The van der Waals surface area contributed by atoms with Crippen LogP contribution in [0.4, 0.5) is 0 Å². The molecule has 6 heteroatoms. The first kappa shape index (κ1) is 19.6. The Labute approximate surface area is 152 Å². The first-order chi connectivity index (χ1) is 9.55. The number of alkyl halides is 1. The van der Waals surface area contributed by atoms with Gasteiger partial charge in [0.1, 0.15) is 0 Å². The zero-order valence-electron chi connectivity index (χ0n) is 14.3. The predicted molar refractivity (Wildman–Crippen MR) is 105 cm³/mol. The van der Waals surface area contributed by atoms with Crippen LogP contribution in [-0.2, 0) is 16.2 Å². The van der Waals surface area contributed by atoms with Crippen molar-refractivity contribution < 1.29 is 4.43 Å². The molecular formula is C15H28BrIN2OSi. The average Bonchev–Trinajstić information content (AvgIpc) is 2.71. The van der Waals surface area contributed by atoms with Crippen LogP contribution in [0.1, 0.15) is 52.0 Å². The van der Waals surface area contributed by atoms with Crippen LogP contribution in [0.5, 0.6) is 0 Å². The van der Waals surface area contributed by atoms with Gasteiger partial charge >= 0.3 is 0 Å². The van der Waals surface area contributed by atoms with E-state index >= 15 is 0 Å². The van der Waals surface area contributed by atoms with Crippen LogP contribution in [-0.4, -0.2) is 24.7 Å². The molecule has 0 radical (unpaired) electrons. The monoisotopic (exact) mass is 486 g/mol. The third-order valence-corrected chi connectivity index (χ3v) is 10.7. The third kappa shape index (κ3) is 4.54. The van der Waals surface area contributed by atoms with Gasteiger partial charge in [-0.15, -0.1) is 0 Å². The van der Waals surface area contributed by atoms with Gasteiger partial charge in [-0.25, -0.2) is 0 Å². The molecule has 0 saturated carbocycles. The third-order valence-electron chi connectivity index (χ3n) is 4.38. The molecule has 0 bridgehead atoms. The lowest BCUT2D eigenvalue weighted by atomic mass is 10.2. The van der Waals surface area contributed by atoms with Crippen molar-refractivity contribution in [3.63, 3.8) is 0 Å². The van der Waals surface area contributed by atoms with E-state index in [9.17, 15) is 0 Å². The second kappa shape index (κ2) is 7.44. The first-order valence-electron chi connectivity index (χ1n) is 7.50. The van der Waals surface area contributed by atoms with Crippen molar-refractivity contribution in [1.29, 1.82) is 0 Å². The maximum atomic E-state index is 6.35. The largest absolute Gasteiger partial charge is 0.415 e. The van der Waals surface area contributed by atoms with Gasteiger partial charge in [-0.05, 0) is 54.1 Å². The minimum absolute atomic E-state index is 0.248. The standard InChI is InChI=1S/C15H28BrIN2OSi/c1-8-12-14(17)13(9-16)19(18-12)11(2)10-20-21(6,7)15(3,4)5/h11H,8-10H2,1-7H3/t11-/m0/s1. The number of hydrogen-bond donors (Lipinski definition) is 0. The smallest absolute Gasteiger partial charge is 0.192 e. The fraction of sp³-hybridized carbons (Fsp3) is 0.800. The molecule has 122 valence electrons. The summed E-state index contributed by atoms with van der Waals surface area (Å²) in [5.41, 5.74) is 2.45. The first-order valence-corrected chi connectivity index (χ1v) is 12.6. The second-order valence-electron chi connectivity index (χ2n) is 7.06. The van der Waals surface area contributed by atoms with E-state index in [4.69, 9.17) is 9.52 Å². The van der Waals surface area contributed by atoms with E-state index in [0.717, 1.165) is 18.4 Å². The van der Waals surface area contributed by atoms with E-state index in [2.05, 4.69) is 90.9 Å². The van der Waals surface area contributed by atoms with Gasteiger partial charge in [-0.2, -0.15) is 5.10 Å². The summed E-state index contributed by atoms with van der Waals surface area (Å²) < 4.78 is 9.78. The Kier molecular flexibility index (Phi) is 6.96. The number of nitrogens with zero attached hydrogens (tertiary/aromatic N) is 2. The summed E-state index contributed by atoms with van der Waals surface area (Å²) in [4.78, 5) is 0. The Morgan fingerprint density at radius 3 is 2.38 bits per heavy atom. The quantitative estimate of drug-likeness (QED) is 0.300. The lowest BCUT2D eigenvalue weighted by Crippen LogP contribution is -2.42. The van der Waals surface area contributed by atoms with E-state index in [0.29, 0.717) is 0 Å².